The molecule has 2 unspecified atom stereocenters. The highest BCUT2D eigenvalue weighted by Gasteiger charge is 2.20. The second kappa shape index (κ2) is 5.92. The van der Waals surface area contributed by atoms with Gasteiger partial charge in [-0.3, -0.25) is 0 Å². The van der Waals surface area contributed by atoms with Gasteiger partial charge in [0.1, 0.15) is 0 Å². The molecule has 0 heterocycles. The number of hydrogen-bond donors (Lipinski definition) is 2. The zero-order valence-electron chi connectivity index (χ0n) is 11.2. The molecule has 1 aromatic carbocycles. The highest BCUT2D eigenvalue weighted by atomic mass is 32.2. The molecule has 0 radical (unpaired) electrons. The summed E-state index contributed by atoms with van der Waals surface area (Å²) in [6.45, 7) is 0.712. The van der Waals surface area contributed by atoms with E-state index in [0.717, 1.165) is 25.7 Å². The molecule has 106 valence electrons. The Kier molecular flexibility index (Phi) is 4.47. The van der Waals surface area contributed by atoms with Crippen LogP contribution in [0.3, 0.4) is 0 Å². The van der Waals surface area contributed by atoms with Crippen LogP contribution >= 0.6 is 0 Å². The fraction of sp³-hybridized carbons (Fsp3) is 0.571. The molecular weight excluding hydrogens is 262 g/mol. The lowest BCUT2D eigenvalue weighted by Crippen LogP contribution is -2.25. The smallest absolute Gasteiger partial charge is 0.177 e. The standard InChI is InChI=1S/C14H21NO3S/c1-19(17,18)14-8-3-2-7-13(14)15-10-11-5-4-6-12(16)9-11/h2-3,7-8,11-12,15-16H,4-6,9-10H2,1H3. The minimum absolute atomic E-state index is 0.203. The molecule has 2 N–H and O–H groups in total. The summed E-state index contributed by atoms with van der Waals surface area (Å²) in [5.74, 6) is 0.413. The van der Waals surface area contributed by atoms with Crippen molar-refractivity contribution >= 4 is 15.5 Å². The Morgan fingerprint density at radius 3 is 2.74 bits per heavy atom. The summed E-state index contributed by atoms with van der Waals surface area (Å²) >= 11 is 0. The zero-order chi connectivity index (χ0) is 13.9. The molecule has 19 heavy (non-hydrogen) atoms. The molecule has 0 aliphatic heterocycles. The van der Waals surface area contributed by atoms with Crippen LogP contribution in [0.4, 0.5) is 5.69 Å². The van der Waals surface area contributed by atoms with Gasteiger partial charge in [0.2, 0.25) is 0 Å². The maximum Gasteiger partial charge on any atom is 0.177 e. The Hall–Kier alpha value is -1.07. The van der Waals surface area contributed by atoms with Crippen LogP contribution in [-0.2, 0) is 9.84 Å². The van der Waals surface area contributed by atoms with Crippen LogP contribution in [0.15, 0.2) is 29.2 Å². The van der Waals surface area contributed by atoms with E-state index < -0.39 is 9.84 Å². The Morgan fingerprint density at radius 1 is 1.32 bits per heavy atom. The first-order chi connectivity index (χ1) is 8.97. The number of aliphatic hydroxyl groups excluding tert-OH is 1. The predicted molar refractivity (Wildman–Crippen MR) is 76.0 cm³/mol. The van der Waals surface area contributed by atoms with Gasteiger partial charge >= 0.3 is 0 Å². The van der Waals surface area contributed by atoms with Crippen molar-refractivity contribution in [2.24, 2.45) is 5.92 Å². The van der Waals surface area contributed by atoms with Crippen molar-refractivity contribution in [1.82, 2.24) is 0 Å². The molecule has 1 fully saturated rings. The first-order valence-electron chi connectivity index (χ1n) is 6.68. The highest BCUT2D eigenvalue weighted by Crippen LogP contribution is 2.26. The van der Waals surface area contributed by atoms with E-state index in [9.17, 15) is 13.5 Å². The third-order valence-corrected chi connectivity index (χ3v) is 4.78. The van der Waals surface area contributed by atoms with Gasteiger partial charge in [0.15, 0.2) is 9.84 Å². The number of nitrogens with one attached hydrogen (secondary N) is 1. The number of rotatable bonds is 4. The van der Waals surface area contributed by atoms with E-state index in [1.807, 2.05) is 6.07 Å². The van der Waals surface area contributed by atoms with Gasteiger partial charge < -0.3 is 10.4 Å². The normalized spacial score (nSPS) is 24.1. The first kappa shape index (κ1) is 14.3. The molecule has 1 aliphatic rings. The summed E-state index contributed by atoms with van der Waals surface area (Å²) in [7, 11) is -3.21. The Balaban J connectivity index is 2.04. The third kappa shape index (κ3) is 3.94. The molecule has 0 bridgehead atoms. The van der Waals surface area contributed by atoms with Gasteiger partial charge in [-0.05, 0) is 37.3 Å². The van der Waals surface area contributed by atoms with Crippen LogP contribution in [-0.4, -0.2) is 32.4 Å². The summed E-state index contributed by atoms with van der Waals surface area (Å²) in [5.41, 5.74) is 0.657. The monoisotopic (exact) mass is 283 g/mol. The number of aliphatic hydroxyl groups is 1. The van der Waals surface area contributed by atoms with Gasteiger partial charge in [-0.25, -0.2) is 8.42 Å². The maximum absolute atomic E-state index is 11.7. The number of para-hydroxylation sites is 1. The van der Waals surface area contributed by atoms with Gasteiger partial charge in [0.25, 0.3) is 0 Å². The molecule has 0 spiro atoms. The number of hydrogen-bond acceptors (Lipinski definition) is 4. The molecule has 5 heteroatoms. The van der Waals surface area contributed by atoms with Crippen molar-refractivity contribution in [2.75, 3.05) is 18.1 Å². The van der Waals surface area contributed by atoms with Crippen LogP contribution in [0, 0.1) is 5.92 Å². The van der Waals surface area contributed by atoms with E-state index in [0.29, 0.717) is 23.0 Å². The molecule has 1 aliphatic carbocycles. The van der Waals surface area contributed by atoms with E-state index in [-0.39, 0.29) is 6.10 Å². The molecule has 1 saturated carbocycles. The molecule has 1 aromatic rings. The average Bonchev–Trinajstić information content (AvgIpc) is 2.36. The fourth-order valence-electron chi connectivity index (χ4n) is 2.64. The van der Waals surface area contributed by atoms with E-state index in [1.165, 1.54) is 6.26 Å². The van der Waals surface area contributed by atoms with E-state index in [1.54, 1.807) is 18.2 Å². The lowest BCUT2D eigenvalue weighted by atomic mass is 9.87. The second-order valence-corrected chi connectivity index (χ2v) is 7.32. The molecule has 0 saturated heterocycles. The molecule has 0 aromatic heterocycles. The minimum atomic E-state index is -3.21. The Labute approximate surface area is 114 Å². The van der Waals surface area contributed by atoms with E-state index in [4.69, 9.17) is 0 Å². The van der Waals surface area contributed by atoms with Crippen molar-refractivity contribution in [1.29, 1.82) is 0 Å². The maximum atomic E-state index is 11.7. The Morgan fingerprint density at radius 2 is 2.05 bits per heavy atom. The number of sulfone groups is 1. The lowest BCUT2D eigenvalue weighted by molar-refractivity contribution is 0.104. The summed E-state index contributed by atoms with van der Waals surface area (Å²) in [6.07, 6.45) is 4.83. The van der Waals surface area contributed by atoms with Crippen molar-refractivity contribution < 1.29 is 13.5 Å². The Bertz CT molecular complexity index is 527. The highest BCUT2D eigenvalue weighted by molar-refractivity contribution is 7.90. The molecule has 2 rings (SSSR count). The zero-order valence-corrected chi connectivity index (χ0v) is 12.0. The van der Waals surface area contributed by atoms with Gasteiger partial charge in [-0.2, -0.15) is 0 Å². The summed E-state index contributed by atoms with van der Waals surface area (Å²) in [4.78, 5) is 0.339. The van der Waals surface area contributed by atoms with Gasteiger partial charge in [-0.1, -0.05) is 18.6 Å². The third-order valence-electron chi connectivity index (χ3n) is 3.62. The van der Waals surface area contributed by atoms with Crippen molar-refractivity contribution in [3.63, 3.8) is 0 Å². The second-order valence-electron chi connectivity index (χ2n) is 5.34. The number of benzene rings is 1. The molecule has 0 amide bonds. The van der Waals surface area contributed by atoms with E-state index in [2.05, 4.69) is 5.32 Å². The van der Waals surface area contributed by atoms with Crippen LogP contribution in [0.2, 0.25) is 0 Å². The van der Waals surface area contributed by atoms with Crippen molar-refractivity contribution in [3.05, 3.63) is 24.3 Å². The van der Waals surface area contributed by atoms with Crippen LogP contribution in [0.1, 0.15) is 25.7 Å². The minimum Gasteiger partial charge on any atom is -0.393 e. The fourth-order valence-corrected chi connectivity index (χ4v) is 3.50. The average molecular weight is 283 g/mol. The lowest BCUT2D eigenvalue weighted by Gasteiger charge is -2.26. The van der Waals surface area contributed by atoms with Gasteiger partial charge in [0, 0.05) is 12.8 Å². The summed E-state index contributed by atoms with van der Waals surface area (Å²) < 4.78 is 23.4. The summed E-state index contributed by atoms with van der Waals surface area (Å²) in [5, 5.41) is 12.9. The number of anilines is 1. The van der Waals surface area contributed by atoms with Crippen LogP contribution in [0.25, 0.3) is 0 Å². The van der Waals surface area contributed by atoms with E-state index >= 15 is 0 Å². The topological polar surface area (TPSA) is 66.4 Å². The summed E-state index contributed by atoms with van der Waals surface area (Å²) in [6, 6.07) is 6.96. The first-order valence-corrected chi connectivity index (χ1v) is 8.57. The van der Waals surface area contributed by atoms with Gasteiger partial charge in [0.05, 0.1) is 16.7 Å². The molecular formula is C14H21NO3S. The largest absolute Gasteiger partial charge is 0.393 e. The predicted octanol–water partition coefficient (Wildman–Crippen LogP) is 2.05. The quantitative estimate of drug-likeness (QED) is 0.887. The molecule has 2 atom stereocenters. The van der Waals surface area contributed by atoms with Crippen LogP contribution < -0.4 is 5.32 Å². The van der Waals surface area contributed by atoms with Crippen molar-refractivity contribution in [3.8, 4) is 0 Å². The SMILES string of the molecule is CS(=O)(=O)c1ccccc1NCC1CCCC(O)C1. The molecule has 4 nitrogen and oxygen atoms in total. The van der Waals surface area contributed by atoms with Gasteiger partial charge in [-0.15, -0.1) is 0 Å². The van der Waals surface area contributed by atoms with Crippen LogP contribution in [0.5, 0.6) is 0 Å². The van der Waals surface area contributed by atoms with Crippen molar-refractivity contribution in [2.45, 2.75) is 36.7 Å².